The summed E-state index contributed by atoms with van der Waals surface area (Å²) in [5.74, 6) is 0.0687. The molecule has 0 heterocycles. The van der Waals surface area contributed by atoms with Crippen LogP contribution in [0.2, 0.25) is 15.1 Å². The predicted octanol–water partition coefficient (Wildman–Crippen LogP) is 6.90. The normalized spacial score (nSPS) is 14.9. The highest BCUT2D eigenvalue weighted by Gasteiger charge is 2.31. The number of halogens is 3. The zero-order chi connectivity index (χ0) is 25.5. The van der Waals surface area contributed by atoms with Crippen LogP contribution in [0.4, 0.5) is 0 Å². The number of carbonyl (C=O) groups excluding carboxylic acids is 2. The van der Waals surface area contributed by atoms with E-state index < -0.39 is 6.04 Å². The Balaban J connectivity index is 1.83. The Labute approximate surface area is 223 Å². The Hall–Kier alpha value is -1.95. The third kappa shape index (κ3) is 7.28. The van der Waals surface area contributed by atoms with E-state index in [-0.39, 0.29) is 31.0 Å². The molecular formula is C27H33Cl3N2O3. The summed E-state index contributed by atoms with van der Waals surface area (Å²) in [7, 11) is 0. The van der Waals surface area contributed by atoms with Gasteiger partial charge in [-0.3, -0.25) is 9.59 Å². The Bertz CT molecular complexity index is 1010. The molecular weight excluding hydrogens is 507 g/mol. The molecule has 1 aliphatic carbocycles. The van der Waals surface area contributed by atoms with Crippen LogP contribution in [0, 0.1) is 13.8 Å². The van der Waals surface area contributed by atoms with Crippen LogP contribution >= 0.6 is 34.8 Å². The lowest BCUT2D eigenvalue weighted by Crippen LogP contribution is -2.52. The predicted molar refractivity (Wildman–Crippen MR) is 143 cm³/mol. The number of hydrogen-bond acceptors (Lipinski definition) is 3. The number of aryl methyl sites for hydroxylation is 2. The molecule has 1 atom stereocenters. The van der Waals surface area contributed by atoms with Crippen molar-refractivity contribution in [3.63, 3.8) is 0 Å². The third-order valence-electron chi connectivity index (χ3n) is 6.50. The van der Waals surface area contributed by atoms with Crippen LogP contribution in [0.1, 0.15) is 62.1 Å². The van der Waals surface area contributed by atoms with Gasteiger partial charge in [-0.1, -0.05) is 67.1 Å². The molecule has 3 rings (SSSR count). The van der Waals surface area contributed by atoms with E-state index in [1.54, 1.807) is 30.3 Å². The molecule has 0 unspecified atom stereocenters. The van der Waals surface area contributed by atoms with Gasteiger partial charge in [0.25, 0.3) is 5.91 Å². The first-order chi connectivity index (χ1) is 16.7. The van der Waals surface area contributed by atoms with Gasteiger partial charge in [-0.2, -0.15) is 0 Å². The van der Waals surface area contributed by atoms with Gasteiger partial charge >= 0.3 is 0 Å². The second-order valence-electron chi connectivity index (χ2n) is 9.15. The number of nitrogens with zero attached hydrogens (tertiary/aromatic N) is 1. The quantitative estimate of drug-likeness (QED) is 0.377. The van der Waals surface area contributed by atoms with Crippen LogP contribution in [-0.4, -0.2) is 35.4 Å². The molecule has 0 aromatic heterocycles. The second-order valence-corrected chi connectivity index (χ2v) is 10.3. The van der Waals surface area contributed by atoms with Crippen molar-refractivity contribution in [1.29, 1.82) is 0 Å². The molecule has 190 valence electrons. The van der Waals surface area contributed by atoms with E-state index in [0.29, 0.717) is 32.8 Å². The molecule has 2 aromatic rings. The van der Waals surface area contributed by atoms with Gasteiger partial charge in [0.1, 0.15) is 11.8 Å². The summed E-state index contributed by atoms with van der Waals surface area (Å²) in [4.78, 5) is 28.3. The summed E-state index contributed by atoms with van der Waals surface area (Å²) in [6.45, 7) is 5.55. The maximum atomic E-state index is 13.5. The summed E-state index contributed by atoms with van der Waals surface area (Å²) < 4.78 is 5.84. The molecule has 0 aliphatic heterocycles. The first-order valence-corrected chi connectivity index (χ1v) is 13.3. The van der Waals surface area contributed by atoms with E-state index in [1.165, 1.54) is 11.3 Å². The number of ether oxygens (including phenoxy) is 1. The number of benzene rings is 2. The van der Waals surface area contributed by atoms with Gasteiger partial charge in [-0.05, 0) is 68.5 Å². The van der Waals surface area contributed by atoms with E-state index >= 15 is 0 Å². The fourth-order valence-electron chi connectivity index (χ4n) is 4.54. The van der Waals surface area contributed by atoms with Crippen LogP contribution in [0.25, 0.3) is 0 Å². The van der Waals surface area contributed by atoms with Crippen molar-refractivity contribution in [3.8, 4) is 5.75 Å². The first-order valence-electron chi connectivity index (χ1n) is 12.1. The first kappa shape index (κ1) is 27.6. The van der Waals surface area contributed by atoms with E-state index in [9.17, 15) is 9.59 Å². The molecule has 0 spiro atoms. The number of hydrogen-bond donors (Lipinski definition) is 1. The third-order valence-corrected chi connectivity index (χ3v) is 7.80. The maximum Gasteiger partial charge on any atom is 0.261 e. The Kier molecular flexibility index (Phi) is 10.1. The second kappa shape index (κ2) is 12.8. The maximum absolute atomic E-state index is 13.5. The fourth-order valence-corrected chi connectivity index (χ4v) is 5.16. The molecule has 1 N–H and O–H groups in total. The van der Waals surface area contributed by atoms with Crippen molar-refractivity contribution in [2.75, 3.05) is 6.61 Å². The molecule has 1 fully saturated rings. The summed E-state index contributed by atoms with van der Waals surface area (Å²) >= 11 is 19.1. The molecule has 8 heteroatoms. The topological polar surface area (TPSA) is 58.6 Å². The zero-order valence-corrected chi connectivity index (χ0v) is 22.8. The Morgan fingerprint density at radius 2 is 1.66 bits per heavy atom. The average Bonchev–Trinajstić information content (AvgIpc) is 2.83. The summed E-state index contributed by atoms with van der Waals surface area (Å²) in [5.41, 5.74) is 2.34. The molecule has 0 bridgehead atoms. The largest absolute Gasteiger partial charge is 0.484 e. The number of rotatable bonds is 9. The van der Waals surface area contributed by atoms with Gasteiger partial charge in [-0.25, -0.2) is 0 Å². The van der Waals surface area contributed by atoms with Crippen LogP contribution in [0.15, 0.2) is 30.3 Å². The van der Waals surface area contributed by atoms with Crippen molar-refractivity contribution in [2.24, 2.45) is 0 Å². The standard InChI is InChI=1S/C27H33Cl3N2O3/c1-4-24(27(34)31-19-9-6-5-7-10-19)32(15-21-22(28)11-8-12-23(21)29)25(33)16-35-20-13-17(2)26(30)18(3)14-20/h8,11-14,19,24H,4-7,9-10,15-16H2,1-3H3,(H,31,34)/t24-/m1/s1. The van der Waals surface area contributed by atoms with Crippen molar-refractivity contribution < 1.29 is 14.3 Å². The minimum Gasteiger partial charge on any atom is -0.484 e. The van der Waals surface area contributed by atoms with Gasteiger partial charge in [0.05, 0.1) is 0 Å². The van der Waals surface area contributed by atoms with Crippen LogP contribution < -0.4 is 10.1 Å². The number of carbonyl (C=O) groups is 2. The van der Waals surface area contributed by atoms with Crippen molar-refractivity contribution >= 4 is 46.6 Å². The summed E-state index contributed by atoms with van der Waals surface area (Å²) in [6, 6.07) is 8.27. The van der Waals surface area contributed by atoms with Gasteiger partial charge in [-0.15, -0.1) is 0 Å². The molecule has 1 aliphatic rings. The summed E-state index contributed by atoms with van der Waals surface area (Å²) in [5, 5.41) is 4.73. The highest BCUT2D eigenvalue weighted by molar-refractivity contribution is 6.36. The lowest BCUT2D eigenvalue weighted by atomic mass is 9.95. The van der Waals surface area contributed by atoms with E-state index in [4.69, 9.17) is 39.5 Å². The van der Waals surface area contributed by atoms with E-state index in [2.05, 4.69) is 5.32 Å². The number of amides is 2. The van der Waals surface area contributed by atoms with Crippen LogP contribution in [-0.2, 0) is 16.1 Å². The SMILES string of the molecule is CC[C@H](C(=O)NC1CCCCC1)N(Cc1c(Cl)cccc1Cl)C(=O)COc1cc(C)c(Cl)c(C)c1. The lowest BCUT2D eigenvalue weighted by molar-refractivity contribution is -0.143. The molecule has 35 heavy (non-hydrogen) atoms. The zero-order valence-electron chi connectivity index (χ0n) is 20.5. The average molecular weight is 540 g/mol. The molecule has 2 aromatic carbocycles. The van der Waals surface area contributed by atoms with Crippen molar-refractivity contribution in [1.82, 2.24) is 10.2 Å². The Morgan fingerprint density at radius 1 is 1.06 bits per heavy atom. The van der Waals surface area contributed by atoms with Gasteiger partial charge in [0.15, 0.2) is 6.61 Å². The Morgan fingerprint density at radius 3 is 2.23 bits per heavy atom. The van der Waals surface area contributed by atoms with E-state index in [0.717, 1.165) is 36.8 Å². The molecule has 5 nitrogen and oxygen atoms in total. The van der Waals surface area contributed by atoms with Crippen molar-refractivity contribution in [2.45, 2.75) is 77.9 Å². The summed E-state index contributed by atoms with van der Waals surface area (Å²) in [6.07, 6.45) is 5.78. The lowest BCUT2D eigenvalue weighted by Gasteiger charge is -2.33. The van der Waals surface area contributed by atoms with Crippen LogP contribution in [0.3, 0.4) is 0 Å². The van der Waals surface area contributed by atoms with Crippen LogP contribution in [0.5, 0.6) is 5.75 Å². The molecule has 1 saturated carbocycles. The fraction of sp³-hybridized carbons (Fsp3) is 0.481. The highest BCUT2D eigenvalue weighted by Crippen LogP contribution is 2.28. The van der Waals surface area contributed by atoms with Gasteiger partial charge < -0.3 is 15.0 Å². The van der Waals surface area contributed by atoms with Crippen molar-refractivity contribution in [3.05, 3.63) is 62.1 Å². The smallest absolute Gasteiger partial charge is 0.261 e. The highest BCUT2D eigenvalue weighted by atomic mass is 35.5. The monoisotopic (exact) mass is 538 g/mol. The van der Waals surface area contributed by atoms with Gasteiger partial charge in [0, 0.05) is 33.2 Å². The number of nitrogens with one attached hydrogen (secondary N) is 1. The van der Waals surface area contributed by atoms with E-state index in [1.807, 2.05) is 20.8 Å². The molecule has 0 radical (unpaired) electrons. The minimum atomic E-state index is -0.672. The molecule has 2 amide bonds. The molecule has 0 saturated heterocycles. The van der Waals surface area contributed by atoms with Gasteiger partial charge in [0.2, 0.25) is 5.91 Å². The minimum absolute atomic E-state index is 0.107.